The molecule has 2 atom stereocenters. The number of aryl methyl sites for hydroxylation is 1. The summed E-state index contributed by atoms with van der Waals surface area (Å²) >= 11 is 0. The van der Waals surface area contributed by atoms with Gasteiger partial charge in [0, 0.05) is 38.4 Å². The highest BCUT2D eigenvalue weighted by Crippen LogP contribution is 2.31. The lowest BCUT2D eigenvalue weighted by atomic mass is 10.0. The number of para-hydroxylation sites is 1. The summed E-state index contributed by atoms with van der Waals surface area (Å²) < 4.78 is 12.5. The zero-order chi connectivity index (χ0) is 21.9. The Kier molecular flexibility index (Phi) is 5.91. The molecule has 168 valence electrons. The zero-order valence-corrected chi connectivity index (χ0v) is 18.2. The predicted octanol–water partition coefficient (Wildman–Crippen LogP) is 2.58. The molecule has 3 aromatic rings. The Morgan fingerprint density at radius 3 is 2.88 bits per heavy atom. The molecule has 1 saturated heterocycles. The lowest BCUT2D eigenvalue weighted by molar-refractivity contribution is 0.159. The number of carbonyl (C=O) groups excluding carboxylic acids is 1. The van der Waals surface area contributed by atoms with Crippen molar-refractivity contribution in [2.75, 3.05) is 38.7 Å². The van der Waals surface area contributed by atoms with Crippen molar-refractivity contribution in [3.8, 4) is 5.69 Å². The normalized spacial score (nSPS) is 20.4. The monoisotopic (exact) mass is 436 g/mol. The van der Waals surface area contributed by atoms with E-state index in [0.29, 0.717) is 6.61 Å². The molecule has 3 heterocycles. The Bertz CT molecular complexity index is 1050. The van der Waals surface area contributed by atoms with Gasteiger partial charge in [0.25, 0.3) is 0 Å². The van der Waals surface area contributed by atoms with Gasteiger partial charge in [-0.3, -0.25) is 10.2 Å². The van der Waals surface area contributed by atoms with Crippen LogP contribution >= 0.6 is 0 Å². The number of likely N-dealkylation sites (tertiary alicyclic amines) is 1. The van der Waals surface area contributed by atoms with E-state index in [9.17, 15) is 4.79 Å². The van der Waals surface area contributed by atoms with E-state index in [-0.39, 0.29) is 18.0 Å². The Morgan fingerprint density at radius 2 is 2.09 bits per heavy atom. The Balaban J connectivity index is 1.34. The number of urea groups is 1. The van der Waals surface area contributed by atoms with Crippen molar-refractivity contribution in [2.45, 2.75) is 31.2 Å². The van der Waals surface area contributed by atoms with E-state index >= 15 is 0 Å². The van der Waals surface area contributed by atoms with E-state index in [1.807, 2.05) is 41.1 Å². The quantitative estimate of drug-likeness (QED) is 0.591. The van der Waals surface area contributed by atoms with Crippen LogP contribution in [0.2, 0.25) is 0 Å². The number of nitrogens with one attached hydrogen (secondary N) is 2. The number of anilines is 1. The van der Waals surface area contributed by atoms with Crippen molar-refractivity contribution >= 4 is 11.8 Å². The van der Waals surface area contributed by atoms with Crippen LogP contribution in [-0.4, -0.2) is 65.3 Å². The molecule has 32 heavy (non-hydrogen) atoms. The molecule has 0 saturated carbocycles. The molecule has 2 N–H and O–H groups in total. The number of benzene rings is 1. The van der Waals surface area contributed by atoms with Crippen molar-refractivity contribution < 1.29 is 14.1 Å². The predicted molar refractivity (Wildman–Crippen MR) is 119 cm³/mol. The minimum atomic E-state index is -0.236. The summed E-state index contributed by atoms with van der Waals surface area (Å²) in [6.45, 7) is 2.94. The number of amides is 2. The molecular weight excluding hydrogens is 408 g/mol. The van der Waals surface area contributed by atoms with Gasteiger partial charge in [-0.25, -0.2) is 9.48 Å². The van der Waals surface area contributed by atoms with Gasteiger partial charge in [0.2, 0.25) is 0 Å². The van der Waals surface area contributed by atoms with Crippen LogP contribution in [0.25, 0.3) is 5.69 Å². The van der Waals surface area contributed by atoms with Crippen LogP contribution in [0.1, 0.15) is 29.4 Å². The minimum Gasteiger partial charge on any atom is -0.383 e. The van der Waals surface area contributed by atoms with Crippen molar-refractivity contribution in [1.82, 2.24) is 25.2 Å². The molecule has 1 aliphatic carbocycles. The van der Waals surface area contributed by atoms with Gasteiger partial charge in [-0.05, 0) is 31.4 Å². The van der Waals surface area contributed by atoms with Crippen molar-refractivity contribution in [1.29, 1.82) is 0 Å². The highest BCUT2D eigenvalue weighted by atomic mass is 16.5. The van der Waals surface area contributed by atoms with Gasteiger partial charge in [0.1, 0.15) is 11.6 Å². The summed E-state index contributed by atoms with van der Waals surface area (Å²) in [5.74, 6) is 1.57. The third-order valence-electron chi connectivity index (χ3n) is 6.29. The van der Waals surface area contributed by atoms with Gasteiger partial charge >= 0.3 is 6.03 Å². The molecule has 0 bridgehead atoms. The van der Waals surface area contributed by atoms with Crippen LogP contribution in [0.4, 0.5) is 10.6 Å². The van der Waals surface area contributed by atoms with E-state index in [1.54, 1.807) is 13.3 Å². The molecule has 2 aromatic heterocycles. The van der Waals surface area contributed by atoms with E-state index in [1.165, 1.54) is 0 Å². The van der Waals surface area contributed by atoms with Gasteiger partial charge in [-0.2, -0.15) is 5.10 Å². The maximum absolute atomic E-state index is 13.1. The van der Waals surface area contributed by atoms with Crippen molar-refractivity contribution in [2.24, 2.45) is 0 Å². The number of hydrogen-bond donors (Lipinski definition) is 2. The van der Waals surface area contributed by atoms with E-state index in [0.717, 1.165) is 67.4 Å². The minimum absolute atomic E-state index is 0.0323. The SMILES string of the molecule is COCCN1CC(c2ccno2)[C@H](NC(=O)Nc2c3c(nn2-c2ccccc2)CCC3)C1. The number of aromatic nitrogens is 3. The standard InChI is InChI=1S/C23H28N6O3/c1-31-13-12-28-14-18(21-10-11-24-32-21)20(15-28)25-23(30)26-22-17-8-5-9-19(17)27-29(22)16-6-3-2-4-7-16/h2-4,6-7,10-11,18,20H,5,8-9,12-15H2,1H3,(H2,25,26,30)/t18?,20-/m1/s1. The van der Waals surface area contributed by atoms with E-state index in [4.69, 9.17) is 14.4 Å². The first-order valence-corrected chi connectivity index (χ1v) is 11.1. The third kappa shape index (κ3) is 4.13. The van der Waals surface area contributed by atoms with Gasteiger partial charge < -0.3 is 14.6 Å². The second kappa shape index (κ2) is 9.13. The highest BCUT2D eigenvalue weighted by molar-refractivity contribution is 5.90. The first-order chi connectivity index (χ1) is 15.7. The van der Waals surface area contributed by atoms with E-state index < -0.39 is 0 Å². The first-order valence-electron chi connectivity index (χ1n) is 11.1. The van der Waals surface area contributed by atoms with Crippen LogP contribution < -0.4 is 10.6 Å². The maximum atomic E-state index is 13.1. The van der Waals surface area contributed by atoms with Gasteiger partial charge in [0.15, 0.2) is 0 Å². The molecule has 9 heteroatoms. The molecular formula is C23H28N6O3. The number of nitrogens with zero attached hydrogens (tertiary/aromatic N) is 4. The number of hydrogen-bond acceptors (Lipinski definition) is 6. The van der Waals surface area contributed by atoms with Gasteiger partial charge in [-0.15, -0.1) is 0 Å². The van der Waals surface area contributed by atoms with E-state index in [2.05, 4.69) is 20.7 Å². The highest BCUT2D eigenvalue weighted by Gasteiger charge is 2.37. The average molecular weight is 437 g/mol. The van der Waals surface area contributed by atoms with Crippen LogP contribution in [0, 0.1) is 0 Å². The summed E-state index contributed by atoms with van der Waals surface area (Å²) in [4.78, 5) is 15.4. The fourth-order valence-corrected chi connectivity index (χ4v) is 4.73. The lowest BCUT2D eigenvalue weighted by Gasteiger charge is -2.19. The summed E-state index contributed by atoms with van der Waals surface area (Å²) in [6.07, 6.45) is 4.57. The molecule has 9 nitrogen and oxygen atoms in total. The first kappa shape index (κ1) is 20.7. The largest absolute Gasteiger partial charge is 0.383 e. The molecule has 0 spiro atoms. The average Bonchev–Trinajstić information content (AvgIpc) is 3.59. The molecule has 5 rings (SSSR count). The number of ether oxygens (including phenoxy) is 1. The molecule has 1 unspecified atom stereocenters. The van der Waals surface area contributed by atoms with Gasteiger partial charge in [-0.1, -0.05) is 23.4 Å². The van der Waals surface area contributed by atoms with Crippen LogP contribution in [0.15, 0.2) is 47.1 Å². The smallest absolute Gasteiger partial charge is 0.320 e. The van der Waals surface area contributed by atoms with Crippen LogP contribution in [0.5, 0.6) is 0 Å². The Morgan fingerprint density at radius 1 is 1.22 bits per heavy atom. The summed E-state index contributed by atoms with van der Waals surface area (Å²) in [6, 6.07) is 11.4. The second-order valence-electron chi connectivity index (χ2n) is 8.35. The van der Waals surface area contributed by atoms with Crippen molar-refractivity contribution in [3.05, 3.63) is 59.6 Å². The second-order valence-corrected chi connectivity index (χ2v) is 8.35. The fraction of sp³-hybridized carbons (Fsp3) is 0.435. The van der Waals surface area contributed by atoms with Gasteiger partial charge in [0.05, 0.1) is 36.1 Å². The molecule has 1 aromatic carbocycles. The molecule has 0 radical (unpaired) electrons. The number of rotatable bonds is 7. The molecule has 2 amide bonds. The number of carbonyl (C=O) groups is 1. The van der Waals surface area contributed by atoms with Crippen molar-refractivity contribution in [3.63, 3.8) is 0 Å². The summed E-state index contributed by atoms with van der Waals surface area (Å²) in [5.41, 5.74) is 3.13. The maximum Gasteiger partial charge on any atom is 0.320 e. The topological polar surface area (TPSA) is 97.4 Å². The Labute approximate surface area is 186 Å². The zero-order valence-electron chi connectivity index (χ0n) is 18.2. The molecule has 1 fully saturated rings. The number of methoxy groups -OCH3 is 1. The third-order valence-corrected chi connectivity index (χ3v) is 6.29. The van der Waals surface area contributed by atoms with Crippen LogP contribution in [-0.2, 0) is 17.6 Å². The molecule has 2 aliphatic rings. The fourth-order valence-electron chi connectivity index (χ4n) is 4.73. The molecule has 1 aliphatic heterocycles. The lowest BCUT2D eigenvalue weighted by Crippen LogP contribution is -2.42. The summed E-state index contributed by atoms with van der Waals surface area (Å²) in [7, 11) is 1.70. The Hall–Kier alpha value is -3.17. The van der Waals surface area contributed by atoms with Crippen LogP contribution in [0.3, 0.4) is 0 Å². The number of fused-ring (bicyclic) bond motifs is 1. The summed E-state index contributed by atoms with van der Waals surface area (Å²) in [5, 5.41) is 14.9.